The van der Waals surface area contributed by atoms with Gasteiger partial charge in [0.1, 0.15) is 5.75 Å². The summed E-state index contributed by atoms with van der Waals surface area (Å²) in [4.78, 5) is 4.22. The number of nitrogens with one attached hydrogen (secondary N) is 1. The van der Waals surface area contributed by atoms with Gasteiger partial charge in [0.15, 0.2) is 0 Å². The van der Waals surface area contributed by atoms with Gasteiger partial charge in [-0.3, -0.25) is 10.8 Å². The molecule has 1 atom stereocenters. The third-order valence-corrected chi connectivity index (χ3v) is 3.41. The first kappa shape index (κ1) is 14.5. The number of pyridine rings is 1. The second-order valence-electron chi connectivity index (χ2n) is 4.83. The molecular formula is C16H21N3O. The first-order chi connectivity index (χ1) is 9.65. The number of hydrogen-bond donors (Lipinski definition) is 2. The summed E-state index contributed by atoms with van der Waals surface area (Å²) >= 11 is 0. The van der Waals surface area contributed by atoms with Crippen LogP contribution in [-0.4, -0.2) is 11.6 Å². The molecule has 0 spiro atoms. The maximum absolute atomic E-state index is 5.73. The van der Waals surface area contributed by atoms with Crippen LogP contribution >= 0.6 is 0 Å². The molecule has 2 rings (SSSR count). The first-order valence-corrected chi connectivity index (χ1v) is 6.76. The fourth-order valence-corrected chi connectivity index (χ4v) is 2.17. The Morgan fingerprint density at radius 3 is 2.60 bits per heavy atom. The zero-order valence-electron chi connectivity index (χ0n) is 12.2. The van der Waals surface area contributed by atoms with Gasteiger partial charge in [-0.25, -0.2) is 5.43 Å². The van der Waals surface area contributed by atoms with Gasteiger partial charge in [0, 0.05) is 6.20 Å². The van der Waals surface area contributed by atoms with Gasteiger partial charge in [-0.15, -0.1) is 0 Å². The zero-order valence-corrected chi connectivity index (χ0v) is 12.2. The van der Waals surface area contributed by atoms with Crippen LogP contribution in [0.4, 0.5) is 0 Å². The number of ether oxygens (including phenoxy) is 1. The molecule has 0 saturated heterocycles. The van der Waals surface area contributed by atoms with Crippen molar-refractivity contribution in [3.05, 3.63) is 58.9 Å². The van der Waals surface area contributed by atoms with Crippen molar-refractivity contribution in [1.82, 2.24) is 10.4 Å². The van der Waals surface area contributed by atoms with Crippen LogP contribution in [0.5, 0.6) is 5.75 Å². The molecule has 0 saturated carbocycles. The Bertz CT molecular complexity index is 584. The summed E-state index contributed by atoms with van der Waals surface area (Å²) in [5, 5.41) is 0. The normalized spacial score (nSPS) is 12.2. The molecule has 0 amide bonds. The molecule has 20 heavy (non-hydrogen) atoms. The fraction of sp³-hybridized carbons (Fsp3) is 0.312. The molecular weight excluding hydrogens is 250 g/mol. The van der Waals surface area contributed by atoms with Gasteiger partial charge < -0.3 is 4.74 Å². The van der Waals surface area contributed by atoms with Crippen molar-refractivity contribution >= 4 is 0 Å². The molecule has 4 nitrogen and oxygen atoms in total. The van der Waals surface area contributed by atoms with E-state index in [4.69, 9.17) is 10.6 Å². The van der Waals surface area contributed by atoms with Gasteiger partial charge in [-0.05, 0) is 49.1 Å². The highest BCUT2D eigenvalue weighted by Crippen LogP contribution is 2.25. The Morgan fingerprint density at radius 1 is 1.15 bits per heavy atom. The Morgan fingerprint density at radius 2 is 1.95 bits per heavy atom. The number of nitrogens with two attached hydrogens (primary N) is 1. The second-order valence-corrected chi connectivity index (χ2v) is 4.83. The number of aryl methyl sites for hydroxylation is 2. The molecule has 1 heterocycles. The predicted octanol–water partition coefficient (Wildman–Crippen LogP) is 2.65. The lowest BCUT2D eigenvalue weighted by atomic mass is 9.97. The largest absolute Gasteiger partial charge is 0.492 e. The number of nitrogens with zero attached hydrogens (tertiary/aromatic N) is 1. The number of hydrazine groups is 1. The average Bonchev–Trinajstić information content (AvgIpc) is 2.44. The third-order valence-electron chi connectivity index (χ3n) is 3.41. The Kier molecular flexibility index (Phi) is 4.71. The van der Waals surface area contributed by atoms with Gasteiger partial charge in [0.25, 0.3) is 0 Å². The van der Waals surface area contributed by atoms with E-state index < -0.39 is 0 Å². The van der Waals surface area contributed by atoms with Crippen LogP contribution in [0, 0.1) is 13.8 Å². The Hall–Kier alpha value is -1.91. The summed E-state index contributed by atoms with van der Waals surface area (Å²) in [7, 11) is 0. The smallest absolute Gasteiger partial charge is 0.137 e. The fourth-order valence-electron chi connectivity index (χ4n) is 2.17. The van der Waals surface area contributed by atoms with Crippen LogP contribution < -0.4 is 16.0 Å². The van der Waals surface area contributed by atoms with E-state index in [2.05, 4.69) is 42.5 Å². The molecule has 0 fully saturated rings. The van der Waals surface area contributed by atoms with Crippen LogP contribution in [0.1, 0.15) is 35.2 Å². The molecule has 4 heteroatoms. The van der Waals surface area contributed by atoms with Gasteiger partial charge in [0.05, 0.1) is 18.8 Å². The van der Waals surface area contributed by atoms with Crippen molar-refractivity contribution in [1.29, 1.82) is 0 Å². The molecule has 1 aromatic carbocycles. The molecule has 1 aromatic heterocycles. The zero-order chi connectivity index (χ0) is 14.5. The number of benzene rings is 1. The molecule has 0 aliphatic heterocycles. The topological polar surface area (TPSA) is 60.2 Å². The van der Waals surface area contributed by atoms with Crippen LogP contribution in [0.25, 0.3) is 0 Å². The molecule has 0 aliphatic rings. The maximum atomic E-state index is 5.73. The standard InChI is InChI=1S/C16H21N3O/c1-4-20-15-8-14(9-18-10-15)16(19-17)13-6-5-11(2)12(3)7-13/h5-10,16,19H,4,17H2,1-3H3. The lowest BCUT2D eigenvalue weighted by molar-refractivity contribution is 0.338. The van der Waals surface area contributed by atoms with Gasteiger partial charge in [-0.2, -0.15) is 0 Å². The molecule has 2 aromatic rings. The third kappa shape index (κ3) is 3.15. The van der Waals surface area contributed by atoms with E-state index in [0.717, 1.165) is 16.9 Å². The highest BCUT2D eigenvalue weighted by Gasteiger charge is 2.14. The quantitative estimate of drug-likeness (QED) is 0.648. The van der Waals surface area contributed by atoms with Crippen molar-refractivity contribution < 1.29 is 4.74 Å². The average molecular weight is 271 g/mol. The summed E-state index contributed by atoms with van der Waals surface area (Å²) in [6.45, 7) is 6.77. The minimum absolute atomic E-state index is 0.0952. The van der Waals surface area contributed by atoms with E-state index in [9.17, 15) is 0 Å². The van der Waals surface area contributed by atoms with Crippen molar-refractivity contribution in [3.63, 3.8) is 0 Å². The maximum Gasteiger partial charge on any atom is 0.137 e. The van der Waals surface area contributed by atoms with Crippen LogP contribution in [0.2, 0.25) is 0 Å². The molecule has 3 N–H and O–H groups in total. The van der Waals surface area contributed by atoms with Crippen molar-refractivity contribution in [3.8, 4) is 5.75 Å². The lowest BCUT2D eigenvalue weighted by Gasteiger charge is -2.18. The lowest BCUT2D eigenvalue weighted by Crippen LogP contribution is -2.29. The molecule has 0 radical (unpaired) electrons. The van der Waals surface area contributed by atoms with E-state index in [1.807, 2.05) is 19.2 Å². The van der Waals surface area contributed by atoms with E-state index >= 15 is 0 Å². The minimum Gasteiger partial charge on any atom is -0.492 e. The Labute approximate surface area is 120 Å². The van der Waals surface area contributed by atoms with E-state index in [-0.39, 0.29) is 6.04 Å². The van der Waals surface area contributed by atoms with E-state index in [1.54, 1.807) is 6.20 Å². The highest BCUT2D eigenvalue weighted by molar-refractivity contribution is 5.38. The number of aromatic nitrogens is 1. The molecule has 0 aliphatic carbocycles. The van der Waals surface area contributed by atoms with E-state index in [0.29, 0.717) is 6.61 Å². The van der Waals surface area contributed by atoms with E-state index in [1.165, 1.54) is 11.1 Å². The first-order valence-electron chi connectivity index (χ1n) is 6.76. The van der Waals surface area contributed by atoms with Crippen molar-refractivity contribution in [2.24, 2.45) is 5.84 Å². The van der Waals surface area contributed by atoms with Gasteiger partial charge in [0.2, 0.25) is 0 Å². The summed E-state index contributed by atoms with van der Waals surface area (Å²) in [6.07, 6.45) is 3.52. The molecule has 106 valence electrons. The van der Waals surface area contributed by atoms with Crippen molar-refractivity contribution in [2.75, 3.05) is 6.61 Å². The second kappa shape index (κ2) is 6.50. The van der Waals surface area contributed by atoms with Gasteiger partial charge in [-0.1, -0.05) is 18.2 Å². The van der Waals surface area contributed by atoms with Gasteiger partial charge >= 0.3 is 0 Å². The van der Waals surface area contributed by atoms with Crippen LogP contribution in [-0.2, 0) is 0 Å². The number of hydrogen-bond acceptors (Lipinski definition) is 4. The SMILES string of the molecule is CCOc1cncc(C(NN)c2ccc(C)c(C)c2)c1. The molecule has 1 unspecified atom stereocenters. The predicted molar refractivity (Wildman–Crippen MR) is 80.5 cm³/mol. The summed E-state index contributed by atoms with van der Waals surface area (Å²) < 4.78 is 5.49. The summed E-state index contributed by atoms with van der Waals surface area (Å²) in [5.74, 6) is 6.49. The summed E-state index contributed by atoms with van der Waals surface area (Å²) in [5.41, 5.74) is 7.48. The van der Waals surface area contributed by atoms with Crippen LogP contribution in [0.3, 0.4) is 0 Å². The van der Waals surface area contributed by atoms with Crippen molar-refractivity contribution in [2.45, 2.75) is 26.8 Å². The number of rotatable bonds is 5. The van der Waals surface area contributed by atoms with Crippen LogP contribution in [0.15, 0.2) is 36.7 Å². The highest BCUT2D eigenvalue weighted by atomic mass is 16.5. The minimum atomic E-state index is -0.0952. The Balaban J connectivity index is 2.36. The monoisotopic (exact) mass is 271 g/mol. The molecule has 0 bridgehead atoms. The summed E-state index contributed by atoms with van der Waals surface area (Å²) in [6, 6.07) is 8.21.